The Hall–Kier alpha value is -2.36. The van der Waals surface area contributed by atoms with Crippen LogP contribution in [-0.4, -0.2) is 20.6 Å². The number of rotatable bonds is 1. The number of carbonyl (C=O) groups is 1. The van der Waals surface area contributed by atoms with Crippen molar-refractivity contribution in [2.24, 2.45) is 0 Å². The van der Waals surface area contributed by atoms with Gasteiger partial charge in [0.2, 0.25) is 0 Å². The van der Waals surface area contributed by atoms with E-state index in [1.807, 2.05) is 30.5 Å². The third-order valence-corrected chi connectivity index (χ3v) is 2.82. The van der Waals surface area contributed by atoms with Crippen molar-refractivity contribution < 1.29 is 9.90 Å². The zero-order chi connectivity index (χ0) is 11.8. The number of imidazole rings is 1. The van der Waals surface area contributed by atoms with Crippen LogP contribution in [0.3, 0.4) is 0 Å². The summed E-state index contributed by atoms with van der Waals surface area (Å²) in [5, 5.41) is 8.89. The number of fused-ring (bicyclic) bond motifs is 2. The summed E-state index contributed by atoms with van der Waals surface area (Å²) in [6.07, 6.45) is 14.2. The zero-order valence-corrected chi connectivity index (χ0v) is 9.00. The van der Waals surface area contributed by atoms with Crippen molar-refractivity contribution in [2.75, 3.05) is 0 Å². The highest BCUT2D eigenvalue weighted by Crippen LogP contribution is 2.26. The summed E-state index contributed by atoms with van der Waals surface area (Å²) in [5.41, 5.74) is 2.38. The molecule has 4 nitrogen and oxygen atoms in total. The molecule has 4 heteroatoms. The lowest BCUT2D eigenvalue weighted by Gasteiger charge is -2.07. The lowest BCUT2D eigenvalue weighted by molar-refractivity contribution is 0.0691. The molecule has 2 heterocycles. The average molecular weight is 226 g/mol. The highest BCUT2D eigenvalue weighted by molar-refractivity contribution is 5.86. The summed E-state index contributed by atoms with van der Waals surface area (Å²) in [6, 6.07) is 0. The molecule has 0 spiro atoms. The smallest absolute Gasteiger partial charge is 0.356 e. The molecule has 0 atom stereocenters. The van der Waals surface area contributed by atoms with E-state index in [9.17, 15) is 4.79 Å². The van der Waals surface area contributed by atoms with Crippen LogP contribution in [0.15, 0.2) is 41.6 Å². The van der Waals surface area contributed by atoms with E-state index < -0.39 is 5.97 Å². The Morgan fingerprint density at radius 3 is 3.18 bits per heavy atom. The highest BCUT2D eigenvalue weighted by Gasteiger charge is 2.14. The zero-order valence-electron chi connectivity index (χ0n) is 9.00. The number of aromatic carboxylic acids is 1. The molecule has 1 aliphatic carbocycles. The number of hydrogen-bond donors (Lipinski definition) is 1. The van der Waals surface area contributed by atoms with E-state index in [0.29, 0.717) is 5.82 Å². The Morgan fingerprint density at radius 1 is 1.47 bits per heavy atom. The summed E-state index contributed by atoms with van der Waals surface area (Å²) in [5.74, 6) is -0.343. The van der Waals surface area contributed by atoms with Gasteiger partial charge in [0.1, 0.15) is 5.82 Å². The quantitative estimate of drug-likeness (QED) is 0.799. The van der Waals surface area contributed by atoms with Crippen LogP contribution >= 0.6 is 0 Å². The van der Waals surface area contributed by atoms with Crippen LogP contribution in [0.2, 0.25) is 0 Å². The third kappa shape index (κ3) is 1.63. The molecule has 0 aromatic carbocycles. The van der Waals surface area contributed by atoms with Crippen molar-refractivity contribution in [3.63, 3.8) is 0 Å². The number of allylic oxidation sites excluding steroid dienone is 6. The first-order valence-corrected chi connectivity index (χ1v) is 5.32. The largest absolute Gasteiger partial charge is 0.476 e. The van der Waals surface area contributed by atoms with Gasteiger partial charge in [-0.3, -0.25) is 0 Å². The first-order valence-electron chi connectivity index (χ1n) is 5.32. The molecule has 1 aromatic rings. The van der Waals surface area contributed by atoms with Gasteiger partial charge in [-0.15, -0.1) is 0 Å². The maximum atomic E-state index is 10.8. The SMILES string of the molecule is O=C(O)c1cn2c(n1)C=C1CC=CC=C1C=C2. The Labute approximate surface area is 97.9 Å². The predicted octanol–water partition coefficient (Wildman–Crippen LogP) is 2.34. The van der Waals surface area contributed by atoms with Gasteiger partial charge in [-0.1, -0.05) is 18.2 Å². The van der Waals surface area contributed by atoms with Gasteiger partial charge in [-0.2, -0.15) is 0 Å². The van der Waals surface area contributed by atoms with E-state index in [2.05, 4.69) is 11.1 Å². The molecular weight excluding hydrogens is 216 g/mol. The van der Waals surface area contributed by atoms with Gasteiger partial charge in [-0.25, -0.2) is 9.78 Å². The van der Waals surface area contributed by atoms with Gasteiger partial charge in [-0.05, 0) is 29.7 Å². The minimum Gasteiger partial charge on any atom is -0.476 e. The standard InChI is InChI=1S/C13H10N2O2/c16-13(17)11-8-15-6-5-9-3-1-2-4-10(9)7-12(15)14-11/h1-3,5-8H,4H2,(H,16,17). The van der Waals surface area contributed by atoms with Crippen LogP contribution in [0, 0.1) is 0 Å². The molecular formula is C13H10N2O2. The summed E-state index contributed by atoms with van der Waals surface area (Å²) in [7, 11) is 0. The molecule has 1 aromatic heterocycles. The fraction of sp³-hybridized carbons (Fsp3) is 0.0769. The molecule has 2 aliphatic rings. The maximum Gasteiger partial charge on any atom is 0.356 e. The molecule has 3 rings (SSSR count). The minimum atomic E-state index is -1.00. The average Bonchev–Trinajstić information content (AvgIpc) is 2.64. The van der Waals surface area contributed by atoms with Crippen LogP contribution in [0.25, 0.3) is 12.3 Å². The first kappa shape index (κ1) is 9.84. The minimum absolute atomic E-state index is 0.0697. The van der Waals surface area contributed by atoms with Gasteiger partial charge in [0.25, 0.3) is 0 Å². The van der Waals surface area contributed by atoms with Crippen LogP contribution in [-0.2, 0) is 0 Å². The van der Waals surface area contributed by atoms with E-state index in [0.717, 1.165) is 17.6 Å². The van der Waals surface area contributed by atoms with Crippen molar-refractivity contribution in [2.45, 2.75) is 6.42 Å². The molecule has 0 unspecified atom stereocenters. The first-order chi connectivity index (χ1) is 8.24. The van der Waals surface area contributed by atoms with Crippen LogP contribution in [0.5, 0.6) is 0 Å². The molecule has 1 N–H and O–H groups in total. The number of hydrogen-bond acceptors (Lipinski definition) is 2. The Balaban J connectivity index is 2.12. The van der Waals surface area contributed by atoms with Gasteiger partial charge in [0.05, 0.1) is 0 Å². The lowest BCUT2D eigenvalue weighted by Crippen LogP contribution is -1.96. The molecule has 1 aliphatic heterocycles. The van der Waals surface area contributed by atoms with Crippen molar-refractivity contribution in [3.05, 3.63) is 53.2 Å². The van der Waals surface area contributed by atoms with E-state index in [4.69, 9.17) is 5.11 Å². The maximum absolute atomic E-state index is 10.8. The van der Waals surface area contributed by atoms with Gasteiger partial charge < -0.3 is 9.67 Å². The van der Waals surface area contributed by atoms with Crippen LogP contribution < -0.4 is 0 Å². The van der Waals surface area contributed by atoms with Crippen molar-refractivity contribution >= 4 is 18.2 Å². The lowest BCUT2D eigenvalue weighted by atomic mass is 9.98. The van der Waals surface area contributed by atoms with Gasteiger partial charge in [0, 0.05) is 12.4 Å². The Morgan fingerprint density at radius 2 is 2.35 bits per heavy atom. The molecule has 84 valence electrons. The van der Waals surface area contributed by atoms with Crippen molar-refractivity contribution in [3.8, 4) is 0 Å². The summed E-state index contributed by atoms with van der Waals surface area (Å²) < 4.78 is 1.73. The van der Waals surface area contributed by atoms with E-state index in [-0.39, 0.29) is 5.69 Å². The molecule has 17 heavy (non-hydrogen) atoms. The van der Waals surface area contributed by atoms with Crippen LogP contribution in [0.4, 0.5) is 0 Å². The third-order valence-electron chi connectivity index (χ3n) is 2.82. The molecule has 0 fully saturated rings. The fourth-order valence-corrected chi connectivity index (χ4v) is 1.95. The molecule has 0 amide bonds. The summed E-state index contributed by atoms with van der Waals surface area (Å²) >= 11 is 0. The number of aromatic nitrogens is 2. The number of carboxylic acids is 1. The Kier molecular flexibility index (Phi) is 2.08. The Bertz CT molecular complexity index is 615. The molecule has 0 bridgehead atoms. The topological polar surface area (TPSA) is 55.1 Å². The second-order valence-corrected chi connectivity index (χ2v) is 3.94. The second-order valence-electron chi connectivity index (χ2n) is 3.94. The fourth-order valence-electron chi connectivity index (χ4n) is 1.95. The van der Waals surface area contributed by atoms with Crippen LogP contribution in [0.1, 0.15) is 22.7 Å². The monoisotopic (exact) mass is 226 g/mol. The summed E-state index contributed by atoms with van der Waals surface area (Å²) in [6.45, 7) is 0. The van der Waals surface area contributed by atoms with E-state index >= 15 is 0 Å². The van der Waals surface area contributed by atoms with Crippen molar-refractivity contribution in [1.82, 2.24) is 9.55 Å². The van der Waals surface area contributed by atoms with E-state index in [1.54, 1.807) is 4.57 Å². The van der Waals surface area contributed by atoms with E-state index in [1.165, 1.54) is 6.20 Å². The summed E-state index contributed by atoms with van der Waals surface area (Å²) in [4.78, 5) is 14.9. The highest BCUT2D eigenvalue weighted by atomic mass is 16.4. The van der Waals surface area contributed by atoms with Crippen molar-refractivity contribution in [1.29, 1.82) is 0 Å². The number of carboxylic acid groups (broad SMARTS) is 1. The second kappa shape index (κ2) is 3.59. The number of nitrogens with zero attached hydrogens (tertiary/aromatic N) is 2. The molecule has 0 radical (unpaired) electrons. The normalized spacial score (nSPS) is 16.7. The predicted molar refractivity (Wildman–Crippen MR) is 64.3 cm³/mol. The van der Waals surface area contributed by atoms with Gasteiger partial charge >= 0.3 is 5.97 Å². The molecule has 0 saturated heterocycles. The van der Waals surface area contributed by atoms with Gasteiger partial charge in [0.15, 0.2) is 5.69 Å². The molecule has 0 saturated carbocycles.